The third-order valence-electron chi connectivity index (χ3n) is 2.57. The van der Waals surface area contributed by atoms with E-state index in [9.17, 15) is 9.18 Å². The minimum absolute atomic E-state index is 0.00947. The van der Waals surface area contributed by atoms with Crippen LogP contribution in [0, 0.1) is 11.2 Å². The van der Waals surface area contributed by atoms with Crippen LogP contribution in [0.5, 0.6) is 0 Å². The van der Waals surface area contributed by atoms with Crippen LogP contribution in [0.25, 0.3) is 0 Å². The van der Waals surface area contributed by atoms with Gasteiger partial charge in [0, 0.05) is 5.69 Å². The molecule has 0 aliphatic carbocycles. The Bertz CT molecular complexity index is 409. The summed E-state index contributed by atoms with van der Waals surface area (Å²) in [6.07, 6.45) is 0.642. The zero-order chi connectivity index (χ0) is 14.5. The molecule has 4 heteroatoms. The van der Waals surface area contributed by atoms with E-state index >= 15 is 0 Å². The summed E-state index contributed by atoms with van der Waals surface area (Å²) in [5.41, 5.74) is 0.702. The quantitative estimate of drug-likeness (QED) is 0.828. The smallest absolute Gasteiger partial charge is 0.328 e. The number of carbonyl (C=O) groups excluding carboxylic acids is 1. The second-order valence-electron chi connectivity index (χ2n) is 5.72. The molecule has 0 aliphatic rings. The standard InChI is InChI=1S/C15H22FNO2/c1-5-19-14(18)13(10-15(2,3)4)17-12-8-6-11(16)7-9-12/h6-9,13,17H,5,10H2,1-4H3. The van der Waals surface area contributed by atoms with Crippen molar-refractivity contribution >= 4 is 11.7 Å². The van der Waals surface area contributed by atoms with E-state index in [1.807, 2.05) is 0 Å². The molecule has 0 saturated carbocycles. The highest BCUT2D eigenvalue weighted by Gasteiger charge is 2.25. The maximum atomic E-state index is 12.9. The molecule has 1 aromatic carbocycles. The summed E-state index contributed by atoms with van der Waals surface area (Å²) in [4.78, 5) is 11.9. The number of ether oxygens (including phenoxy) is 1. The Labute approximate surface area is 114 Å². The van der Waals surface area contributed by atoms with Crippen LogP contribution in [0.1, 0.15) is 34.1 Å². The van der Waals surface area contributed by atoms with Crippen molar-refractivity contribution in [1.82, 2.24) is 0 Å². The Kier molecular flexibility index (Phi) is 5.33. The highest BCUT2D eigenvalue weighted by atomic mass is 19.1. The predicted molar refractivity (Wildman–Crippen MR) is 74.5 cm³/mol. The lowest BCUT2D eigenvalue weighted by Crippen LogP contribution is -2.35. The van der Waals surface area contributed by atoms with Gasteiger partial charge < -0.3 is 10.1 Å². The van der Waals surface area contributed by atoms with Crippen LogP contribution in [0.3, 0.4) is 0 Å². The van der Waals surface area contributed by atoms with Crippen LogP contribution in [0.15, 0.2) is 24.3 Å². The van der Waals surface area contributed by atoms with Gasteiger partial charge in [-0.3, -0.25) is 0 Å². The number of halogens is 1. The molecule has 0 heterocycles. The molecule has 0 saturated heterocycles. The fourth-order valence-corrected chi connectivity index (χ4v) is 1.80. The van der Waals surface area contributed by atoms with E-state index < -0.39 is 6.04 Å². The molecule has 19 heavy (non-hydrogen) atoms. The number of hydrogen-bond donors (Lipinski definition) is 1. The first-order valence-electron chi connectivity index (χ1n) is 6.50. The molecular formula is C15H22FNO2. The van der Waals surface area contributed by atoms with E-state index in [0.717, 1.165) is 0 Å². The highest BCUT2D eigenvalue weighted by Crippen LogP contribution is 2.23. The molecule has 3 nitrogen and oxygen atoms in total. The minimum Gasteiger partial charge on any atom is -0.464 e. The Balaban J connectivity index is 2.78. The van der Waals surface area contributed by atoms with Crippen molar-refractivity contribution in [2.45, 2.75) is 40.2 Å². The lowest BCUT2D eigenvalue weighted by atomic mass is 9.88. The molecule has 0 aromatic heterocycles. The third kappa shape index (κ3) is 5.73. The van der Waals surface area contributed by atoms with Crippen molar-refractivity contribution in [3.05, 3.63) is 30.1 Å². The number of benzene rings is 1. The fraction of sp³-hybridized carbons (Fsp3) is 0.533. The number of carbonyl (C=O) groups is 1. The lowest BCUT2D eigenvalue weighted by molar-refractivity contribution is -0.144. The molecule has 0 bridgehead atoms. The molecule has 1 atom stereocenters. The SMILES string of the molecule is CCOC(=O)C(CC(C)(C)C)Nc1ccc(F)cc1. The largest absolute Gasteiger partial charge is 0.464 e. The van der Waals surface area contributed by atoms with E-state index in [2.05, 4.69) is 26.1 Å². The van der Waals surface area contributed by atoms with Gasteiger partial charge in [0.05, 0.1) is 6.61 Å². The van der Waals surface area contributed by atoms with Gasteiger partial charge in [-0.1, -0.05) is 20.8 Å². The molecule has 1 aromatic rings. The monoisotopic (exact) mass is 267 g/mol. The summed E-state index contributed by atoms with van der Waals surface area (Å²) in [6.45, 7) is 8.32. The zero-order valence-electron chi connectivity index (χ0n) is 12.0. The van der Waals surface area contributed by atoms with Crippen LogP contribution >= 0.6 is 0 Å². The van der Waals surface area contributed by atoms with Gasteiger partial charge in [0.15, 0.2) is 0 Å². The van der Waals surface area contributed by atoms with Gasteiger partial charge in [-0.2, -0.15) is 0 Å². The van der Waals surface area contributed by atoms with Crippen molar-refractivity contribution in [2.75, 3.05) is 11.9 Å². The second kappa shape index (κ2) is 6.55. The van der Waals surface area contributed by atoms with Crippen molar-refractivity contribution in [3.63, 3.8) is 0 Å². The predicted octanol–water partition coefficient (Wildman–Crippen LogP) is 3.61. The summed E-state index contributed by atoms with van der Waals surface area (Å²) in [5.74, 6) is -0.573. The first-order valence-corrected chi connectivity index (χ1v) is 6.50. The van der Waals surface area contributed by atoms with Gasteiger partial charge in [-0.15, -0.1) is 0 Å². The van der Waals surface area contributed by atoms with Crippen molar-refractivity contribution in [1.29, 1.82) is 0 Å². The maximum Gasteiger partial charge on any atom is 0.328 e. The van der Waals surface area contributed by atoms with E-state index in [1.165, 1.54) is 12.1 Å². The molecule has 0 fully saturated rings. The molecule has 1 rings (SSSR count). The van der Waals surface area contributed by atoms with Crippen LogP contribution in [-0.4, -0.2) is 18.6 Å². The molecule has 1 N–H and O–H groups in total. The molecule has 0 aliphatic heterocycles. The van der Waals surface area contributed by atoms with E-state index in [1.54, 1.807) is 19.1 Å². The van der Waals surface area contributed by atoms with Gasteiger partial charge in [0.25, 0.3) is 0 Å². The molecule has 1 unspecified atom stereocenters. The van der Waals surface area contributed by atoms with Crippen molar-refractivity contribution in [3.8, 4) is 0 Å². The number of rotatable bonds is 5. The highest BCUT2D eigenvalue weighted by molar-refractivity contribution is 5.79. The van der Waals surface area contributed by atoms with Gasteiger partial charge in [-0.25, -0.2) is 9.18 Å². The van der Waals surface area contributed by atoms with Crippen LogP contribution in [0.4, 0.5) is 10.1 Å². The first kappa shape index (κ1) is 15.5. The van der Waals surface area contributed by atoms with Gasteiger partial charge in [0.1, 0.15) is 11.9 Å². The van der Waals surface area contributed by atoms with E-state index in [0.29, 0.717) is 18.7 Å². The number of esters is 1. The van der Waals surface area contributed by atoms with E-state index in [-0.39, 0.29) is 17.2 Å². The number of hydrogen-bond acceptors (Lipinski definition) is 3. The molecule has 0 amide bonds. The summed E-state index contributed by atoms with van der Waals surface area (Å²) in [5, 5.41) is 3.11. The molecular weight excluding hydrogens is 245 g/mol. The Morgan fingerprint density at radius 3 is 2.37 bits per heavy atom. The van der Waals surface area contributed by atoms with Gasteiger partial charge in [0.2, 0.25) is 0 Å². The normalized spacial score (nSPS) is 12.9. The summed E-state index contributed by atoms with van der Waals surface area (Å²) in [7, 11) is 0. The zero-order valence-corrected chi connectivity index (χ0v) is 12.0. The second-order valence-corrected chi connectivity index (χ2v) is 5.72. The summed E-state index contributed by atoms with van der Waals surface area (Å²) < 4.78 is 17.9. The number of anilines is 1. The van der Waals surface area contributed by atoms with Crippen LogP contribution in [0.2, 0.25) is 0 Å². The van der Waals surface area contributed by atoms with Crippen molar-refractivity contribution < 1.29 is 13.9 Å². The third-order valence-corrected chi connectivity index (χ3v) is 2.57. The van der Waals surface area contributed by atoms with Crippen LogP contribution < -0.4 is 5.32 Å². The molecule has 0 radical (unpaired) electrons. The van der Waals surface area contributed by atoms with Gasteiger partial charge in [-0.05, 0) is 43.0 Å². The topological polar surface area (TPSA) is 38.3 Å². The van der Waals surface area contributed by atoms with Crippen molar-refractivity contribution in [2.24, 2.45) is 5.41 Å². The maximum absolute atomic E-state index is 12.9. The molecule has 0 spiro atoms. The molecule has 106 valence electrons. The Hall–Kier alpha value is -1.58. The summed E-state index contributed by atoms with van der Waals surface area (Å²) >= 11 is 0. The Morgan fingerprint density at radius 1 is 1.32 bits per heavy atom. The number of nitrogens with one attached hydrogen (secondary N) is 1. The average molecular weight is 267 g/mol. The average Bonchev–Trinajstić information content (AvgIpc) is 2.30. The summed E-state index contributed by atoms with van der Waals surface area (Å²) in [6, 6.07) is 5.53. The lowest BCUT2D eigenvalue weighted by Gasteiger charge is -2.26. The van der Waals surface area contributed by atoms with Gasteiger partial charge >= 0.3 is 5.97 Å². The van der Waals surface area contributed by atoms with Crippen LogP contribution in [-0.2, 0) is 9.53 Å². The Morgan fingerprint density at radius 2 is 1.89 bits per heavy atom. The first-order chi connectivity index (χ1) is 8.81. The fourth-order valence-electron chi connectivity index (χ4n) is 1.80. The minimum atomic E-state index is -0.426. The van der Waals surface area contributed by atoms with E-state index in [4.69, 9.17) is 4.74 Å².